The second kappa shape index (κ2) is 14.9. The minimum atomic E-state index is -0.495. The summed E-state index contributed by atoms with van der Waals surface area (Å²) in [7, 11) is 0. The summed E-state index contributed by atoms with van der Waals surface area (Å²) in [5, 5.41) is 9.35. The number of piperazine rings is 1. The Balaban J connectivity index is 0.00000253. The summed E-state index contributed by atoms with van der Waals surface area (Å²) in [5.74, 6) is -0.368. The number of rotatable bonds is 8. The molecule has 4 N–H and O–H groups in total. The topological polar surface area (TPSA) is 112 Å². The van der Waals surface area contributed by atoms with Gasteiger partial charge in [0.15, 0.2) is 0 Å². The van der Waals surface area contributed by atoms with Crippen LogP contribution in [-0.4, -0.2) is 53.8 Å². The molecule has 38 heavy (non-hydrogen) atoms. The lowest BCUT2D eigenvalue weighted by atomic mass is 10.1. The van der Waals surface area contributed by atoms with E-state index in [1.54, 1.807) is 54.6 Å². The lowest BCUT2D eigenvalue weighted by Gasteiger charge is -2.34. The maximum absolute atomic E-state index is 12.4. The highest BCUT2D eigenvalue weighted by atomic mass is 35.5. The zero-order valence-electron chi connectivity index (χ0n) is 20.7. The first kappa shape index (κ1) is 30.5. The van der Waals surface area contributed by atoms with Gasteiger partial charge < -0.3 is 10.5 Å². The van der Waals surface area contributed by atoms with Gasteiger partial charge in [0, 0.05) is 44.4 Å². The molecule has 1 saturated heterocycles. The van der Waals surface area contributed by atoms with Crippen LogP contribution >= 0.6 is 24.8 Å². The van der Waals surface area contributed by atoms with Gasteiger partial charge in [-0.25, -0.2) is 9.80 Å². The van der Waals surface area contributed by atoms with Crippen LogP contribution in [0.2, 0.25) is 0 Å². The fraction of sp³-hybridized carbons (Fsp3) is 0.179. The van der Waals surface area contributed by atoms with Crippen LogP contribution in [0.3, 0.4) is 0 Å². The highest BCUT2D eigenvalue weighted by molar-refractivity contribution is 5.95. The summed E-state index contributed by atoms with van der Waals surface area (Å²) < 4.78 is 5.36. The Morgan fingerprint density at radius 3 is 2.08 bits per heavy atom. The molecule has 0 aliphatic carbocycles. The molecule has 0 aromatic heterocycles. The molecule has 0 spiro atoms. The molecule has 1 aliphatic rings. The van der Waals surface area contributed by atoms with Crippen LogP contribution < -0.4 is 15.9 Å². The zero-order valence-corrected chi connectivity index (χ0v) is 22.3. The van der Waals surface area contributed by atoms with E-state index in [9.17, 15) is 9.59 Å². The van der Waals surface area contributed by atoms with Crippen molar-refractivity contribution in [2.24, 2.45) is 5.73 Å². The van der Waals surface area contributed by atoms with Gasteiger partial charge in [0.25, 0.3) is 5.91 Å². The van der Waals surface area contributed by atoms with E-state index in [1.165, 1.54) is 11.6 Å². The number of halogens is 2. The van der Waals surface area contributed by atoms with Gasteiger partial charge in [-0.3, -0.25) is 20.5 Å². The summed E-state index contributed by atoms with van der Waals surface area (Å²) >= 11 is 0. The molecule has 1 aliphatic heterocycles. The van der Waals surface area contributed by atoms with Gasteiger partial charge in [-0.15, -0.1) is 24.8 Å². The first-order valence-electron chi connectivity index (χ1n) is 11.7. The van der Waals surface area contributed by atoms with E-state index in [-0.39, 0.29) is 36.6 Å². The monoisotopic (exact) mass is 555 g/mol. The summed E-state index contributed by atoms with van der Waals surface area (Å²) in [5.41, 5.74) is 11.4. The van der Waals surface area contributed by atoms with Gasteiger partial charge in [-0.1, -0.05) is 42.5 Å². The van der Waals surface area contributed by atoms with Crippen molar-refractivity contribution in [3.63, 3.8) is 0 Å². The minimum Gasteiger partial charge on any atom is -0.423 e. The third-order valence-electron chi connectivity index (χ3n) is 5.84. The predicted molar refractivity (Wildman–Crippen MR) is 154 cm³/mol. The molecule has 10 heteroatoms. The zero-order chi connectivity index (χ0) is 25.3. The maximum Gasteiger partial charge on any atom is 0.343 e. The lowest BCUT2D eigenvalue weighted by Crippen LogP contribution is -2.52. The van der Waals surface area contributed by atoms with Crippen molar-refractivity contribution >= 4 is 48.6 Å². The van der Waals surface area contributed by atoms with Crippen molar-refractivity contribution in [2.45, 2.75) is 6.54 Å². The summed E-state index contributed by atoms with van der Waals surface area (Å²) in [6.45, 7) is 4.22. The molecule has 1 amide bonds. The molecule has 1 heterocycles. The lowest BCUT2D eigenvalue weighted by molar-refractivity contribution is -0.121. The quantitative estimate of drug-likeness (QED) is 0.128. The molecule has 8 nitrogen and oxygen atoms in total. The fourth-order valence-electron chi connectivity index (χ4n) is 3.82. The van der Waals surface area contributed by atoms with Gasteiger partial charge in [0.1, 0.15) is 11.6 Å². The number of nitrogen functional groups attached to an aromatic ring is 1. The van der Waals surface area contributed by atoms with Gasteiger partial charge >= 0.3 is 5.97 Å². The molecule has 4 rings (SSSR count). The first-order chi connectivity index (χ1) is 17.5. The standard InChI is InChI=1S/C28H29N5O3.2ClH/c29-27(30)23-11-13-25(14-12-23)36-28(35)24-9-6-21(7-10-24)8-15-26(34)31-33-18-16-32(17-19-33)20-22-4-2-1-3-5-22;;/h1-15H,16-20H2,(H3,29,30)(H,31,34);2*1H/b15-8+;;. The fourth-order valence-corrected chi connectivity index (χ4v) is 3.82. The van der Waals surface area contributed by atoms with Crippen LogP contribution in [0.4, 0.5) is 0 Å². The SMILES string of the molecule is Cl.Cl.N=C(N)c1ccc(OC(=O)c2ccc(/C=C/C(=O)NN3CCN(Cc4ccccc4)CC3)cc2)cc1. The summed E-state index contributed by atoms with van der Waals surface area (Å²) in [6.07, 6.45) is 3.19. The number of carbonyl (C=O) groups excluding carboxylic acids is 2. The number of hydrogen-bond donors (Lipinski definition) is 3. The number of benzene rings is 3. The Labute approximate surface area is 234 Å². The van der Waals surface area contributed by atoms with Gasteiger partial charge in [0.2, 0.25) is 0 Å². The molecule has 3 aromatic rings. The van der Waals surface area contributed by atoms with Crippen molar-refractivity contribution < 1.29 is 14.3 Å². The van der Waals surface area contributed by atoms with Crippen LogP contribution in [-0.2, 0) is 11.3 Å². The average Bonchev–Trinajstić information content (AvgIpc) is 2.90. The number of hydrazine groups is 1. The number of carbonyl (C=O) groups is 2. The van der Waals surface area contributed by atoms with Crippen LogP contribution in [0.25, 0.3) is 6.08 Å². The van der Waals surface area contributed by atoms with Crippen molar-refractivity contribution in [2.75, 3.05) is 26.2 Å². The third kappa shape index (κ3) is 9.00. The predicted octanol–water partition coefficient (Wildman–Crippen LogP) is 3.90. The smallest absolute Gasteiger partial charge is 0.343 e. The molecule has 0 bridgehead atoms. The number of nitrogens with two attached hydrogens (primary N) is 1. The van der Waals surface area contributed by atoms with Crippen molar-refractivity contribution in [1.29, 1.82) is 5.41 Å². The van der Waals surface area contributed by atoms with E-state index in [2.05, 4.69) is 34.6 Å². The van der Waals surface area contributed by atoms with Gasteiger partial charge in [-0.05, 0) is 53.6 Å². The van der Waals surface area contributed by atoms with E-state index in [1.807, 2.05) is 11.1 Å². The van der Waals surface area contributed by atoms with Crippen LogP contribution in [0.1, 0.15) is 27.0 Å². The summed E-state index contributed by atoms with van der Waals surface area (Å²) in [4.78, 5) is 27.1. The van der Waals surface area contributed by atoms with Crippen LogP contribution in [0.5, 0.6) is 5.75 Å². The third-order valence-corrected chi connectivity index (χ3v) is 5.84. The van der Waals surface area contributed by atoms with Crippen LogP contribution in [0, 0.1) is 5.41 Å². The Morgan fingerprint density at radius 1 is 0.868 bits per heavy atom. The average molecular weight is 556 g/mol. The number of ether oxygens (including phenoxy) is 1. The molecule has 3 aromatic carbocycles. The van der Waals surface area contributed by atoms with E-state index in [4.69, 9.17) is 15.9 Å². The number of amides is 1. The van der Waals surface area contributed by atoms with Gasteiger partial charge in [0.05, 0.1) is 5.56 Å². The van der Waals surface area contributed by atoms with E-state index in [0.29, 0.717) is 16.9 Å². The van der Waals surface area contributed by atoms with E-state index >= 15 is 0 Å². The number of nitrogens with zero attached hydrogens (tertiary/aromatic N) is 2. The summed E-state index contributed by atoms with van der Waals surface area (Å²) in [6, 6.07) is 23.6. The number of nitrogens with one attached hydrogen (secondary N) is 2. The van der Waals surface area contributed by atoms with Crippen LogP contribution in [0.15, 0.2) is 84.9 Å². The highest BCUT2D eigenvalue weighted by Gasteiger charge is 2.17. The number of hydrogen-bond acceptors (Lipinski definition) is 6. The number of amidine groups is 1. The Bertz CT molecular complexity index is 1230. The second-order valence-corrected chi connectivity index (χ2v) is 8.51. The normalized spacial score (nSPS) is 13.7. The molecule has 0 saturated carbocycles. The number of esters is 1. The molecule has 0 unspecified atom stereocenters. The molecular formula is C28H31Cl2N5O3. The van der Waals surface area contributed by atoms with Crippen molar-refractivity contribution in [3.8, 4) is 5.75 Å². The molecule has 200 valence electrons. The molecule has 0 atom stereocenters. The minimum absolute atomic E-state index is 0. The van der Waals surface area contributed by atoms with Crippen molar-refractivity contribution in [1.82, 2.24) is 15.3 Å². The van der Waals surface area contributed by atoms with E-state index in [0.717, 1.165) is 38.3 Å². The maximum atomic E-state index is 12.4. The Hall–Kier alpha value is -3.69. The van der Waals surface area contributed by atoms with Crippen molar-refractivity contribution in [3.05, 3.63) is 107 Å². The largest absolute Gasteiger partial charge is 0.423 e. The van der Waals surface area contributed by atoms with Gasteiger partial charge in [-0.2, -0.15) is 0 Å². The second-order valence-electron chi connectivity index (χ2n) is 8.51. The molecular weight excluding hydrogens is 525 g/mol. The Morgan fingerprint density at radius 2 is 1.47 bits per heavy atom. The van der Waals surface area contributed by atoms with E-state index < -0.39 is 5.97 Å². The first-order valence-corrected chi connectivity index (χ1v) is 11.7. The molecule has 0 radical (unpaired) electrons. The Kier molecular flexibility index (Phi) is 12.0. The highest BCUT2D eigenvalue weighted by Crippen LogP contribution is 2.15. The molecule has 1 fully saturated rings.